The van der Waals surface area contributed by atoms with Crippen molar-refractivity contribution in [3.05, 3.63) is 29.6 Å². The molecule has 0 aliphatic heterocycles. The Morgan fingerprint density at radius 3 is 2.64 bits per heavy atom. The van der Waals surface area contributed by atoms with Gasteiger partial charge in [-0.15, -0.1) is 0 Å². The van der Waals surface area contributed by atoms with E-state index in [0.717, 1.165) is 6.07 Å². The lowest BCUT2D eigenvalue weighted by Crippen LogP contribution is -2.04. The van der Waals surface area contributed by atoms with Gasteiger partial charge in [-0.05, 0) is 13.0 Å². The molecule has 2 nitrogen and oxygen atoms in total. The number of rotatable bonds is 1. The Morgan fingerprint density at radius 1 is 1.55 bits per heavy atom. The smallest absolute Gasteiger partial charge is 0.126 e. The van der Waals surface area contributed by atoms with Crippen molar-refractivity contribution in [1.29, 1.82) is 0 Å². The molecule has 3 N–H and O–H groups in total. The van der Waals surface area contributed by atoms with Gasteiger partial charge >= 0.3 is 0 Å². The summed E-state index contributed by atoms with van der Waals surface area (Å²) in [6, 6.07) is 3.54. The maximum atomic E-state index is 12.4. The maximum absolute atomic E-state index is 12.4. The molecule has 11 heavy (non-hydrogen) atoms. The van der Waals surface area contributed by atoms with Gasteiger partial charge in [-0.2, -0.15) is 0 Å². The second-order valence-corrected chi connectivity index (χ2v) is 2.49. The van der Waals surface area contributed by atoms with Crippen molar-refractivity contribution in [3.8, 4) is 5.75 Å². The number of phenols is 1. The fourth-order valence-electron chi connectivity index (χ4n) is 0.902. The molecule has 0 radical (unpaired) electrons. The fourth-order valence-corrected chi connectivity index (χ4v) is 0.902. The van der Waals surface area contributed by atoms with Crippen molar-refractivity contribution in [2.75, 3.05) is 0 Å². The third-order valence-corrected chi connectivity index (χ3v) is 1.48. The molecular weight excluding hydrogens is 145 g/mol. The van der Waals surface area contributed by atoms with Gasteiger partial charge in [0.05, 0.1) is 0 Å². The van der Waals surface area contributed by atoms with Crippen LogP contribution in [-0.4, -0.2) is 5.11 Å². The summed E-state index contributed by atoms with van der Waals surface area (Å²) < 4.78 is 12.4. The Hall–Kier alpha value is -1.09. The van der Waals surface area contributed by atoms with Gasteiger partial charge in [0.2, 0.25) is 0 Å². The zero-order chi connectivity index (χ0) is 8.43. The number of hydrogen-bond donors (Lipinski definition) is 2. The predicted octanol–water partition coefficient (Wildman–Crippen LogP) is 1.55. The van der Waals surface area contributed by atoms with E-state index in [1.165, 1.54) is 12.1 Å². The summed E-state index contributed by atoms with van der Waals surface area (Å²) >= 11 is 0. The van der Waals surface area contributed by atoms with Crippen molar-refractivity contribution >= 4 is 0 Å². The molecular formula is C8H10FNO. The summed E-state index contributed by atoms with van der Waals surface area (Å²) in [4.78, 5) is 0. The average Bonchev–Trinajstić information content (AvgIpc) is 1.85. The van der Waals surface area contributed by atoms with Crippen LogP contribution >= 0.6 is 0 Å². The van der Waals surface area contributed by atoms with Gasteiger partial charge in [-0.3, -0.25) is 0 Å². The number of nitrogens with two attached hydrogens (primary N) is 1. The van der Waals surface area contributed by atoms with Crippen LogP contribution in [-0.2, 0) is 0 Å². The molecule has 0 heterocycles. The van der Waals surface area contributed by atoms with Crippen LogP contribution in [0.25, 0.3) is 0 Å². The van der Waals surface area contributed by atoms with Gasteiger partial charge < -0.3 is 10.8 Å². The summed E-state index contributed by atoms with van der Waals surface area (Å²) in [7, 11) is 0. The summed E-state index contributed by atoms with van der Waals surface area (Å²) in [5.41, 5.74) is 6.04. The molecule has 0 fully saturated rings. The molecule has 1 aromatic rings. The Balaban J connectivity index is 3.09. The van der Waals surface area contributed by atoms with Crippen LogP contribution in [0.5, 0.6) is 5.75 Å². The second-order valence-electron chi connectivity index (χ2n) is 2.49. The van der Waals surface area contributed by atoms with E-state index in [0.29, 0.717) is 5.56 Å². The highest BCUT2D eigenvalue weighted by atomic mass is 19.1. The maximum Gasteiger partial charge on any atom is 0.126 e. The molecule has 60 valence electrons. The SMILES string of the molecule is C[C@H](N)c1ccc(F)cc1O. The first-order valence-electron chi connectivity index (χ1n) is 3.35. The van der Waals surface area contributed by atoms with E-state index in [1.807, 2.05) is 0 Å². The molecule has 0 aliphatic carbocycles. The van der Waals surface area contributed by atoms with E-state index < -0.39 is 5.82 Å². The van der Waals surface area contributed by atoms with Crippen LogP contribution in [0.3, 0.4) is 0 Å². The largest absolute Gasteiger partial charge is 0.508 e. The lowest BCUT2D eigenvalue weighted by molar-refractivity contribution is 0.457. The van der Waals surface area contributed by atoms with Crippen LogP contribution in [0, 0.1) is 5.82 Å². The highest BCUT2D eigenvalue weighted by Gasteiger charge is 2.05. The molecule has 0 saturated heterocycles. The van der Waals surface area contributed by atoms with Crippen molar-refractivity contribution in [3.63, 3.8) is 0 Å². The van der Waals surface area contributed by atoms with Crippen molar-refractivity contribution in [2.45, 2.75) is 13.0 Å². The topological polar surface area (TPSA) is 46.2 Å². The van der Waals surface area contributed by atoms with E-state index in [-0.39, 0.29) is 11.8 Å². The highest BCUT2D eigenvalue weighted by molar-refractivity contribution is 5.34. The molecule has 0 saturated carbocycles. The van der Waals surface area contributed by atoms with Crippen LogP contribution in [0.2, 0.25) is 0 Å². The normalized spacial score (nSPS) is 13.0. The first kappa shape index (κ1) is 8.01. The summed E-state index contributed by atoms with van der Waals surface area (Å²) in [5, 5.41) is 9.14. The van der Waals surface area contributed by atoms with Crippen LogP contribution in [0.15, 0.2) is 18.2 Å². The fraction of sp³-hybridized carbons (Fsp3) is 0.250. The monoisotopic (exact) mass is 155 g/mol. The van der Waals surface area contributed by atoms with Crippen molar-refractivity contribution in [1.82, 2.24) is 0 Å². The van der Waals surface area contributed by atoms with Crippen LogP contribution in [0.1, 0.15) is 18.5 Å². The van der Waals surface area contributed by atoms with E-state index >= 15 is 0 Å². The highest BCUT2D eigenvalue weighted by Crippen LogP contribution is 2.22. The lowest BCUT2D eigenvalue weighted by atomic mass is 10.1. The van der Waals surface area contributed by atoms with E-state index in [4.69, 9.17) is 10.8 Å². The van der Waals surface area contributed by atoms with Gasteiger partial charge in [0, 0.05) is 17.7 Å². The number of halogens is 1. The van der Waals surface area contributed by atoms with Gasteiger partial charge in [0.15, 0.2) is 0 Å². The molecule has 0 aromatic heterocycles. The lowest BCUT2D eigenvalue weighted by Gasteiger charge is -2.06. The van der Waals surface area contributed by atoms with Gasteiger partial charge in [-0.25, -0.2) is 4.39 Å². The van der Waals surface area contributed by atoms with E-state index in [2.05, 4.69) is 0 Å². The molecule has 0 amide bonds. The molecule has 0 spiro atoms. The zero-order valence-corrected chi connectivity index (χ0v) is 6.21. The third-order valence-electron chi connectivity index (χ3n) is 1.48. The minimum atomic E-state index is -0.452. The van der Waals surface area contributed by atoms with Crippen molar-refractivity contribution in [2.24, 2.45) is 5.73 Å². The molecule has 3 heteroatoms. The molecule has 0 unspecified atom stereocenters. The standard InChI is InChI=1S/C8H10FNO/c1-5(10)7-3-2-6(9)4-8(7)11/h2-5,11H,10H2,1H3/t5-/m0/s1. The quantitative estimate of drug-likeness (QED) is 0.646. The average molecular weight is 155 g/mol. The Morgan fingerprint density at radius 2 is 2.18 bits per heavy atom. The number of benzene rings is 1. The number of hydrogen-bond acceptors (Lipinski definition) is 2. The first-order valence-corrected chi connectivity index (χ1v) is 3.35. The van der Waals surface area contributed by atoms with Gasteiger partial charge in [0.1, 0.15) is 11.6 Å². The minimum Gasteiger partial charge on any atom is -0.508 e. The molecule has 1 rings (SSSR count). The Bertz CT molecular complexity index is 260. The predicted molar refractivity (Wildman–Crippen MR) is 40.7 cm³/mol. The van der Waals surface area contributed by atoms with Crippen LogP contribution in [0.4, 0.5) is 4.39 Å². The van der Waals surface area contributed by atoms with E-state index in [9.17, 15) is 4.39 Å². The molecule has 1 atom stereocenters. The first-order chi connectivity index (χ1) is 5.11. The summed E-state index contributed by atoms with van der Waals surface area (Å²) in [5.74, 6) is -0.535. The van der Waals surface area contributed by atoms with Crippen LogP contribution < -0.4 is 5.73 Å². The van der Waals surface area contributed by atoms with Gasteiger partial charge in [0.25, 0.3) is 0 Å². The number of phenolic OH excluding ortho intramolecular Hbond substituents is 1. The Labute approximate surface area is 64.5 Å². The third kappa shape index (κ3) is 1.68. The summed E-state index contributed by atoms with van der Waals surface area (Å²) in [6.07, 6.45) is 0. The van der Waals surface area contributed by atoms with Gasteiger partial charge in [-0.1, -0.05) is 6.07 Å². The second kappa shape index (κ2) is 2.88. The summed E-state index contributed by atoms with van der Waals surface area (Å²) in [6.45, 7) is 1.73. The zero-order valence-electron chi connectivity index (χ0n) is 6.21. The van der Waals surface area contributed by atoms with E-state index in [1.54, 1.807) is 6.92 Å². The minimum absolute atomic E-state index is 0.0833. The number of aromatic hydroxyl groups is 1. The van der Waals surface area contributed by atoms with Crippen molar-refractivity contribution < 1.29 is 9.50 Å². The molecule has 0 aliphatic rings. The molecule has 1 aromatic carbocycles. The Kier molecular flexibility index (Phi) is 2.10. The molecule has 0 bridgehead atoms.